The van der Waals surface area contributed by atoms with Gasteiger partial charge in [0.1, 0.15) is 5.82 Å². The van der Waals surface area contributed by atoms with E-state index in [1.807, 2.05) is 36.4 Å². The Hall–Kier alpha value is -3.17. The van der Waals surface area contributed by atoms with Gasteiger partial charge in [0.25, 0.3) is 0 Å². The number of likely N-dealkylation sites (tertiary alicyclic amines) is 1. The highest BCUT2D eigenvalue weighted by Crippen LogP contribution is 2.25. The molecule has 4 rings (SSSR count). The Morgan fingerprint density at radius 1 is 1.03 bits per heavy atom. The van der Waals surface area contributed by atoms with E-state index in [1.54, 1.807) is 18.2 Å². The molecule has 1 heterocycles. The monoisotopic (exact) mass is 462 g/mol. The van der Waals surface area contributed by atoms with Gasteiger partial charge < -0.3 is 10.4 Å². The van der Waals surface area contributed by atoms with Gasteiger partial charge in [0, 0.05) is 36.1 Å². The Balaban J connectivity index is 1.34. The molecule has 168 valence electrons. The lowest BCUT2D eigenvalue weighted by atomic mass is 10.1. The third-order valence-electron chi connectivity index (χ3n) is 5.63. The average Bonchev–Trinajstić information content (AvgIpc) is 2.82. The van der Waals surface area contributed by atoms with Gasteiger partial charge in [-0.3, -0.25) is 9.69 Å². The number of halogens is 2. The van der Waals surface area contributed by atoms with Crippen molar-refractivity contribution in [3.8, 4) is 23.0 Å². The molecule has 1 amide bonds. The Labute approximate surface area is 198 Å². The molecule has 0 atom stereocenters. The van der Waals surface area contributed by atoms with Crippen LogP contribution < -0.4 is 5.32 Å². The molecule has 0 aliphatic carbocycles. The van der Waals surface area contributed by atoms with Crippen LogP contribution in [0.15, 0.2) is 66.7 Å². The smallest absolute Gasteiger partial charge is 0.300 e. The number of carbonyl (C=O) groups is 1. The second-order valence-electron chi connectivity index (χ2n) is 8.11. The number of piperidine rings is 1. The summed E-state index contributed by atoms with van der Waals surface area (Å²) in [7, 11) is 0. The van der Waals surface area contributed by atoms with Crippen molar-refractivity contribution in [3.05, 3.63) is 88.7 Å². The summed E-state index contributed by atoms with van der Waals surface area (Å²) in [5.74, 6) is 4.22. The van der Waals surface area contributed by atoms with Crippen LogP contribution in [0, 0.1) is 17.7 Å². The van der Waals surface area contributed by atoms with E-state index in [1.165, 1.54) is 12.1 Å². The number of benzene rings is 3. The predicted molar refractivity (Wildman–Crippen MR) is 129 cm³/mol. The van der Waals surface area contributed by atoms with Crippen molar-refractivity contribution in [1.82, 2.24) is 4.90 Å². The van der Waals surface area contributed by atoms with E-state index in [0.717, 1.165) is 43.6 Å². The Morgan fingerprint density at radius 3 is 2.36 bits per heavy atom. The Kier molecular flexibility index (Phi) is 7.41. The maximum atomic E-state index is 14.5. The number of aliphatic hydroxyl groups excluding tert-OH is 1. The highest BCUT2D eigenvalue weighted by molar-refractivity contribution is 6.30. The minimum absolute atomic E-state index is 0.0778. The summed E-state index contributed by atoms with van der Waals surface area (Å²) in [6.07, 6.45) is 1.44. The third-order valence-corrected chi connectivity index (χ3v) is 5.88. The number of hydrogen-bond acceptors (Lipinski definition) is 3. The molecule has 2 N–H and O–H groups in total. The lowest BCUT2D eigenvalue weighted by Gasteiger charge is -2.29. The Morgan fingerprint density at radius 2 is 1.70 bits per heavy atom. The highest BCUT2D eigenvalue weighted by Gasteiger charge is 2.16. The van der Waals surface area contributed by atoms with E-state index in [-0.39, 0.29) is 11.8 Å². The molecular formula is C27H24ClFN2O2. The standard InChI is InChI=1S/C27H24ClFN2O2/c28-23-9-6-21(7-10-23)22-8-11-26(25(29)17-22)30-27(33)12-5-19-1-3-20(4-2-19)18-31-15-13-24(32)14-16-31/h1-4,6-11,17,24,32H,13-16,18H2,(H,30,33). The van der Waals surface area contributed by atoms with Crippen molar-refractivity contribution in [2.45, 2.75) is 25.5 Å². The highest BCUT2D eigenvalue weighted by atomic mass is 35.5. The number of aliphatic hydroxyl groups is 1. The summed E-state index contributed by atoms with van der Waals surface area (Å²) < 4.78 is 14.5. The molecule has 33 heavy (non-hydrogen) atoms. The van der Waals surface area contributed by atoms with Crippen LogP contribution >= 0.6 is 11.6 Å². The van der Waals surface area contributed by atoms with Gasteiger partial charge in [-0.1, -0.05) is 47.9 Å². The molecule has 1 saturated heterocycles. The van der Waals surface area contributed by atoms with Crippen molar-refractivity contribution in [3.63, 3.8) is 0 Å². The fraction of sp³-hybridized carbons (Fsp3) is 0.222. The normalized spacial score (nSPS) is 14.4. The van der Waals surface area contributed by atoms with Crippen LogP contribution in [-0.2, 0) is 11.3 Å². The minimum Gasteiger partial charge on any atom is -0.393 e. The van der Waals surface area contributed by atoms with E-state index in [2.05, 4.69) is 22.1 Å². The molecule has 3 aromatic carbocycles. The van der Waals surface area contributed by atoms with Gasteiger partial charge in [-0.05, 0) is 65.9 Å². The third kappa shape index (κ3) is 6.43. The lowest BCUT2D eigenvalue weighted by Crippen LogP contribution is -2.35. The van der Waals surface area contributed by atoms with Crippen molar-refractivity contribution in [2.75, 3.05) is 18.4 Å². The minimum atomic E-state index is -0.580. The quantitative estimate of drug-likeness (QED) is 0.531. The van der Waals surface area contributed by atoms with Gasteiger partial charge in [-0.15, -0.1) is 0 Å². The molecule has 1 fully saturated rings. The van der Waals surface area contributed by atoms with Crippen LogP contribution in [0.25, 0.3) is 11.1 Å². The summed E-state index contributed by atoms with van der Waals surface area (Å²) >= 11 is 5.89. The number of hydrogen-bond donors (Lipinski definition) is 2. The molecule has 0 unspecified atom stereocenters. The van der Waals surface area contributed by atoms with Gasteiger partial charge in [0.2, 0.25) is 0 Å². The molecule has 0 radical (unpaired) electrons. The maximum Gasteiger partial charge on any atom is 0.300 e. The van der Waals surface area contributed by atoms with Crippen LogP contribution in [-0.4, -0.2) is 35.1 Å². The first-order valence-corrected chi connectivity index (χ1v) is 11.2. The molecule has 3 aromatic rings. The average molecular weight is 463 g/mol. The number of nitrogens with zero attached hydrogens (tertiary/aromatic N) is 1. The van der Waals surface area contributed by atoms with Gasteiger partial charge >= 0.3 is 5.91 Å². The molecule has 4 nitrogen and oxygen atoms in total. The molecule has 0 spiro atoms. The molecule has 0 saturated carbocycles. The molecular weight excluding hydrogens is 439 g/mol. The number of rotatable bonds is 4. The van der Waals surface area contributed by atoms with E-state index < -0.39 is 11.7 Å². The number of amides is 1. The summed E-state index contributed by atoms with van der Waals surface area (Å²) in [6, 6.07) is 19.4. The topological polar surface area (TPSA) is 52.6 Å². The summed E-state index contributed by atoms with van der Waals surface area (Å²) in [6.45, 7) is 2.60. The van der Waals surface area contributed by atoms with Crippen LogP contribution in [0.3, 0.4) is 0 Å². The van der Waals surface area contributed by atoms with Crippen molar-refractivity contribution in [2.24, 2.45) is 0 Å². The van der Waals surface area contributed by atoms with Crippen molar-refractivity contribution < 1.29 is 14.3 Å². The zero-order chi connectivity index (χ0) is 23.2. The van der Waals surface area contributed by atoms with E-state index in [9.17, 15) is 14.3 Å². The maximum absolute atomic E-state index is 14.5. The van der Waals surface area contributed by atoms with Crippen molar-refractivity contribution >= 4 is 23.2 Å². The van der Waals surface area contributed by atoms with E-state index in [4.69, 9.17) is 11.6 Å². The van der Waals surface area contributed by atoms with E-state index >= 15 is 0 Å². The number of anilines is 1. The van der Waals surface area contributed by atoms with Gasteiger partial charge in [0.15, 0.2) is 0 Å². The summed E-state index contributed by atoms with van der Waals surface area (Å²) in [5, 5.41) is 12.7. The van der Waals surface area contributed by atoms with Gasteiger partial charge in [0.05, 0.1) is 11.8 Å². The Bertz CT molecular complexity index is 1180. The van der Waals surface area contributed by atoms with Crippen molar-refractivity contribution in [1.29, 1.82) is 0 Å². The summed E-state index contributed by atoms with van der Waals surface area (Å²) in [5.41, 5.74) is 3.46. The first-order valence-electron chi connectivity index (χ1n) is 10.8. The zero-order valence-corrected chi connectivity index (χ0v) is 18.8. The number of carbonyl (C=O) groups excluding carboxylic acids is 1. The second-order valence-corrected chi connectivity index (χ2v) is 8.55. The first kappa shape index (κ1) is 23.0. The first-order chi connectivity index (χ1) is 16.0. The van der Waals surface area contributed by atoms with Crippen LogP contribution in [0.4, 0.5) is 10.1 Å². The van der Waals surface area contributed by atoms with Gasteiger partial charge in [-0.2, -0.15) is 0 Å². The number of nitrogens with one attached hydrogen (secondary N) is 1. The van der Waals surface area contributed by atoms with Gasteiger partial charge in [-0.25, -0.2) is 4.39 Å². The largest absolute Gasteiger partial charge is 0.393 e. The van der Waals surface area contributed by atoms with Crippen LogP contribution in [0.2, 0.25) is 5.02 Å². The zero-order valence-electron chi connectivity index (χ0n) is 18.0. The second kappa shape index (κ2) is 10.6. The van der Waals surface area contributed by atoms with Crippen LogP contribution in [0.5, 0.6) is 0 Å². The molecule has 0 bridgehead atoms. The fourth-order valence-corrected chi connectivity index (χ4v) is 3.88. The van der Waals surface area contributed by atoms with E-state index in [0.29, 0.717) is 16.1 Å². The molecule has 6 heteroatoms. The molecule has 1 aliphatic rings. The summed E-state index contributed by atoms with van der Waals surface area (Å²) in [4.78, 5) is 14.5. The fourth-order valence-electron chi connectivity index (χ4n) is 3.75. The molecule has 1 aliphatic heterocycles. The SMILES string of the molecule is O=C(C#Cc1ccc(CN2CCC(O)CC2)cc1)Nc1ccc(-c2ccc(Cl)cc2)cc1F. The van der Waals surface area contributed by atoms with Crippen LogP contribution in [0.1, 0.15) is 24.0 Å². The lowest BCUT2D eigenvalue weighted by molar-refractivity contribution is -0.111. The molecule has 0 aromatic heterocycles. The predicted octanol–water partition coefficient (Wildman–Crippen LogP) is 5.09.